The zero-order valence-corrected chi connectivity index (χ0v) is 6.66. The van der Waals surface area contributed by atoms with Gasteiger partial charge in [0.25, 0.3) is 0 Å². The van der Waals surface area contributed by atoms with Crippen LogP contribution in [0, 0.1) is 0 Å². The van der Waals surface area contributed by atoms with Crippen molar-refractivity contribution in [2.24, 2.45) is 0 Å². The zero-order valence-electron chi connectivity index (χ0n) is 6.66. The molecule has 2 aromatic rings. The van der Waals surface area contributed by atoms with E-state index in [0.29, 0.717) is 12.1 Å². The Hall–Kier alpha value is -2.04. The van der Waals surface area contributed by atoms with Crippen molar-refractivity contribution in [3.05, 3.63) is 36.5 Å². The van der Waals surface area contributed by atoms with Gasteiger partial charge in [0.1, 0.15) is 6.33 Å². The average molecular weight is 174 g/mol. The molecule has 0 aromatic carbocycles. The first-order valence-electron chi connectivity index (χ1n) is 3.68. The van der Waals surface area contributed by atoms with Crippen molar-refractivity contribution in [1.29, 1.82) is 0 Å². The molecule has 13 heavy (non-hydrogen) atoms. The summed E-state index contributed by atoms with van der Waals surface area (Å²) in [6.45, 7) is 0. The van der Waals surface area contributed by atoms with Crippen LogP contribution in [0.1, 0.15) is 10.6 Å². The summed E-state index contributed by atoms with van der Waals surface area (Å²) in [4.78, 5) is 18.1. The second kappa shape index (κ2) is 3.14. The van der Waals surface area contributed by atoms with Crippen molar-refractivity contribution in [3.63, 3.8) is 0 Å². The highest BCUT2D eigenvalue weighted by Gasteiger charge is 2.00. The van der Waals surface area contributed by atoms with Crippen molar-refractivity contribution in [2.45, 2.75) is 0 Å². The van der Waals surface area contributed by atoms with E-state index in [2.05, 4.69) is 15.1 Å². The lowest BCUT2D eigenvalue weighted by molar-refractivity contribution is 0.111. The molecule has 0 aliphatic heterocycles. The molecule has 0 radical (unpaired) electrons. The molecule has 2 rings (SSSR count). The predicted molar refractivity (Wildman–Crippen MR) is 44.5 cm³/mol. The third-order valence-electron chi connectivity index (χ3n) is 1.50. The predicted octanol–water partition coefficient (Wildman–Crippen LogP) is 0.475. The average Bonchev–Trinajstić information content (AvgIpc) is 2.67. The lowest BCUT2D eigenvalue weighted by atomic mass is 10.5. The Balaban J connectivity index is 2.41. The fraction of sp³-hybridized carbons (Fsp3) is 0. The molecule has 0 saturated heterocycles. The third-order valence-corrected chi connectivity index (χ3v) is 1.50. The minimum Gasteiger partial charge on any atom is -0.294 e. The number of aldehydes is 1. The summed E-state index contributed by atoms with van der Waals surface area (Å²) < 4.78 is 1.45. The first-order valence-corrected chi connectivity index (χ1v) is 3.68. The molecule has 0 fully saturated rings. The molecule has 2 aromatic heterocycles. The largest absolute Gasteiger partial charge is 0.294 e. The molecule has 0 aliphatic carbocycles. The van der Waals surface area contributed by atoms with Crippen LogP contribution >= 0.6 is 0 Å². The van der Waals surface area contributed by atoms with Crippen LogP contribution in [0.5, 0.6) is 0 Å². The number of hydrogen-bond donors (Lipinski definition) is 0. The zero-order chi connectivity index (χ0) is 9.10. The number of carbonyl (C=O) groups is 1. The maximum atomic E-state index is 10.3. The Morgan fingerprint density at radius 3 is 2.85 bits per heavy atom. The Bertz CT molecular complexity index is 409. The van der Waals surface area contributed by atoms with Gasteiger partial charge in [0.2, 0.25) is 5.82 Å². The first kappa shape index (κ1) is 7.60. The van der Waals surface area contributed by atoms with Crippen LogP contribution in [-0.4, -0.2) is 26.0 Å². The molecule has 0 spiro atoms. The highest BCUT2D eigenvalue weighted by Crippen LogP contribution is 1.99. The first-order chi connectivity index (χ1) is 6.40. The van der Waals surface area contributed by atoms with Gasteiger partial charge in [0, 0.05) is 6.20 Å². The van der Waals surface area contributed by atoms with Crippen molar-refractivity contribution in [2.75, 3.05) is 0 Å². The van der Waals surface area contributed by atoms with Gasteiger partial charge in [0.15, 0.2) is 12.1 Å². The normalized spacial score (nSPS) is 9.85. The van der Waals surface area contributed by atoms with Gasteiger partial charge < -0.3 is 0 Å². The monoisotopic (exact) mass is 174 g/mol. The van der Waals surface area contributed by atoms with Gasteiger partial charge >= 0.3 is 0 Å². The third kappa shape index (κ3) is 1.44. The molecule has 0 bridgehead atoms. The lowest BCUT2D eigenvalue weighted by Crippen LogP contribution is -1.97. The van der Waals surface area contributed by atoms with Crippen molar-refractivity contribution in [1.82, 2.24) is 19.7 Å². The molecular formula is C8H6N4O. The van der Waals surface area contributed by atoms with Crippen LogP contribution in [0.2, 0.25) is 0 Å². The molecular weight excluding hydrogens is 168 g/mol. The van der Waals surface area contributed by atoms with Gasteiger partial charge in [-0.2, -0.15) is 0 Å². The van der Waals surface area contributed by atoms with E-state index < -0.39 is 0 Å². The highest BCUT2D eigenvalue weighted by molar-refractivity contribution is 5.68. The molecule has 0 N–H and O–H groups in total. The van der Waals surface area contributed by atoms with E-state index in [4.69, 9.17) is 0 Å². The van der Waals surface area contributed by atoms with E-state index in [1.807, 2.05) is 6.07 Å². The van der Waals surface area contributed by atoms with Gasteiger partial charge in [-0.25, -0.2) is 14.6 Å². The Morgan fingerprint density at radius 1 is 1.31 bits per heavy atom. The number of nitrogens with zero attached hydrogens (tertiary/aromatic N) is 4. The van der Waals surface area contributed by atoms with Crippen molar-refractivity contribution in [3.8, 4) is 5.82 Å². The Morgan fingerprint density at radius 2 is 2.23 bits per heavy atom. The molecule has 64 valence electrons. The Kier molecular flexibility index (Phi) is 1.84. The minimum absolute atomic E-state index is 0.158. The summed E-state index contributed by atoms with van der Waals surface area (Å²) in [6.07, 6.45) is 3.70. The maximum Gasteiger partial charge on any atom is 0.214 e. The van der Waals surface area contributed by atoms with Crippen molar-refractivity contribution >= 4 is 6.29 Å². The molecule has 5 nitrogen and oxygen atoms in total. The van der Waals surface area contributed by atoms with Crippen LogP contribution in [0.4, 0.5) is 0 Å². The van der Waals surface area contributed by atoms with Crippen LogP contribution in [0.25, 0.3) is 5.82 Å². The summed E-state index contributed by atoms with van der Waals surface area (Å²) in [5, 5.41) is 3.87. The van der Waals surface area contributed by atoms with E-state index in [-0.39, 0.29) is 5.82 Å². The molecule has 2 heterocycles. The van der Waals surface area contributed by atoms with Crippen LogP contribution in [0.3, 0.4) is 0 Å². The number of hydrogen-bond acceptors (Lipinski definition) is 4. The van der Waals surface area contributed by atoms with Crippen LogP contribution in [-0.2, 0) is 0 Å². The van der Waals surface area contributed by atoms with Gasteiger partial charge in [-0.05, 0) is 12.1 Å². The van der Waals surface area contributed by atoms with Gasteiger partial charge in [-0.3, -0.25) is 4.79 Å². The number of aromatic nitrogens is 4. The van der Waals surface area contributed by atoms with Crippen molar-refractivity contribution < 1.29 is 4.79 Å². The highest BCUT2D eigenvalue weighted by atomic mass is 16.1. The second-order valence-electron chi connectivity index (χ2n) is 2.35. The Labute approximate surface area is 74.1 Å². The minimum atomic E-state index is 0.158. The van der Waals surface area contributed by atoms with Crippen LogP contribution < -0.4 is 0 Å². The fourth-order valence-corrected chi connectivity index (χ4v) is 0.930. The molecule has 5 heteroatoms. The summed E-state index contributed by atoms with van der Waals surface area (Å²) in [5.74, 6) is 0.800. The SMILES string of the molecule is O=Cc1ncn(-c2ccccn2)n1. The second-order valence-corrected chi connectivity index (χ2v) is 2.35. The summed E-state index contributed by atoms with van der Waals surface area (Å²) in [7, 11) is 0. The quantitative estimate of drug-likeness (QED) is 0.621. The molecule has 0 unspecified atom stereocenters. The van der Waals surface area contributed by atoms with Gasteiger partial charge in [-0.1, -0.05) is 6.07 Å². The van der Waals surface area contributed by atoms with Gasteiger partial charge in [-0.15, -0.1) is 5.10 Å². The maximum absolute atomic E-state index is 10.3. The number of rotatable bonds is 2. The van der Waals surface area contributed by atoms with E-state index in [1.54, 1.807) is 18.3 Å². The fourth-order valence-electron chi connectivity index (χ4n) is 0.930. The van der Waals surface area contributed by atoms with E-state index >= 15 is 0 Å². The number of pyridine rings is 1. The van der Waals surface area contributed by atoms with E-state index in [1.165, 1.54) is 11.0 Å². The smallest absolute Gasteiger partial charge is 0.214 e. The molecule has 0 atom stereocenters. The molecule has 0 saturated carbocycles. The lowest BCUT2D eigenvalue weighted by Gasteiger charge is -1.95. The van der Waals surface area contributed by atoms with E-state index in [0.717, 1.165) is 0 Å². The van der Waals surface area contributed by atoms with Gasteiger partial charge in [0.05, 0.1) is 0 Å². The standard InChI is InChI=1S/C8H6N4O/c13-5-7-10-6-12(11-7)8-3-1-2-4-9-8/h1-6H. The van der Waals surface area contributed by atoms with Crippen LogP contribution in [0.15, 0.2) is 30.7 Å². The topological polar surface area (TPSA) is 60.7 Å². The van der Waals surface area contributed by atoms with E-state index in [9.17, 15) is 4.79 Å². The summed E-state index contributed by atoms with van der Waals surface area (Å²) in [6, 6.07) is 5.43. The number of carbonyl (C=O) groups excluding carboxylic acids is 1. The molecule has 0 aliphatic rings. The summed E-state index contributed by atoms with van der Waals surface area (Å²) in [5.41, 5.74) is 0. The molecule has 0 amide bonds. The summed E-state index contributed by atoms with van der Waals surface area (Å²) >= 11 is 0.